The zero-order chi connectivity index (χ0) is 12.4. The molecule has 3 aromatic rings. The highest BCUT2D eigenvalue weighted by Gasteiger charge is 2.10. The van der Waals surface area contributed by atoms with Gasteiger partial charge in [-0.2, -0.15) is 5.10 Å². The minimum atomic E-state index is 0.946. The van der Waals surface area contributed by atoms with Crippen LogP contribution in [0.3, 0.4) is 0 Å². The first-order chi connectivity index (χ1) is 8.84. The van der Waals surface area contributed by atoms with Crippen molar-refractivity contribution >= 4 is 0 Å². The van der Waals surface area contributed by atoms with Crippen LogP contribution in [0.5, 0.6) is 0 Å². The predicted octanol–water partition coefficient (Wildman–Crippen LogP) is 3.85. The summed E-state index contributed by atoms with van der Waals surface area (Å²) in [6, 6.07) is 18.6. The van der Waals surface area contributed by atoms with Crippen molar-refractivity contribution in [3.05, 3.63) is 66.4 Å². The van der Waals surface area contributed by atoms with Crippen molar-refractivity contribution in [3.8, 4) is 22.4 Å². The lowest BCUT2D eigenvalue weighted by Gasteiger charge is -2.02. The first-order valence-corrected chi connectivity index (χ1v) is 5.93. The second-order valence-corrected chi connectivity index (χ2v) is 4.30. The number of aromatic nitrogens is 2. The summed E-state index contributed by atoms with van der Waals surface area (Å²) >= 11 is 0. The van der Waals surface area contributed by atoms with Gasteiger partial charge >= 0.3 is 0 Å². The Morgan fingerprint density at radius 1 is 0.889 bits per heavy atom. The number of nitrogens with zero attached hydrogens (tertiary/aromatic N) is 1. The fourth-order valence-corrected chi connectivity index (χ4v) is 1.99. The van der Waals surface area contributed by atoms with Crippen molar-refractivity contribution in [2.24, 2.45) is 0 Å². The average Bonchev–Trinajstić information content (AvgIpc) is 2.90. The number of rotatable bonds is 2. The summed E-state index contributed by atoms with van der Waals surface area (Å²) in [6.45, 7) is 2.08. The van der Waals surface area contributed by atoms with Gasteiger partial charge in [0.25, 0.3) is 0 Å². The zero-order valence-corrected chi connectivity index (χ0v) is 10.1. The van der Waals surface area contributed by atoms with E-state index in [0.29, 0.717) is 0 Å². The van der Waals surface area contributed by atoms with Crippen LogP contribution in [0.15, 0.2) is 54.6 Å². The van der Waals surface area contributed by atoms with E-state index in [2.05, 4.69) is 59.7 Å². The van der Waals surface area contributed by atoms with Crippen molar-refractivity contribution in [2.75, 3.05) is 0 Å². The van der Waals surface area contributed by atoms with Gasteiger partial charge in [-0.15, -0.1) is 0 Å². The van der Waals surface area contributed by atoms with Gasteiger partial charge in [0.1, 0.15) is 5.69 Å². The van der Waals surface area contributed by atoms with E-state index in [4.69, 9.17) is 0 Å². The highest BCUT2D eigenvalue weighted by Crippen LogP contribution is 2.29. The molecule has 2 heteroatoms. The van der Waals surface area contributed by atoms with Crippen LogP contribution in [0, 0.1) is 13.1 Å². The van der Waals surface area contributed by atoms with Gasteiger partial charge in [0.05, 0.1) is 6.20 Å². The first-order valence-electron chi connectivity index (χ1n) is 5.93. The number of hydrogen-bond acceptors (Lipinski definition) is 1. The second kappa shape index (κ2) is 4.49. The fourth-order valence-electron chi connectivity index (χ4n) is 1.99. The van der Waals surface area contributed by atoms with Crippen LogP contribution in [-0.4, -0.2) is 10.2 Å². The molecule has 1 radical (unpaired) electrons. The van der Waals surface area contributed by atoms with E-state index in [1.807, 2.05) is 18.2 Å². The lowest BCUT2D eigenvalue weighted by molar-refractivity contribution is 1.09. The molecule has 2 nitrogen and oxygen atoms in total. The summed E-state index contributed by atoms with van der Waals surface area (Å²) in [6.07, 6.45) is 3.10. The van der Waals surface area contributed by atoms with Crippen LogP contribution in [0.2, 0.25) is 0 Å². The molecule has 2 aromatic carbocycles. The molecule has 18 heavy (non-hydrogen) atoms. The SMILES string of the molecule is Cc1ccc(-c2n[nH][c]c2-c2ccccc2)cc1. The minimum absolute atomic E-state index is 0.946. The van der Waals surface area contributed by atoms with Crippen LogP contribution in [0.25, 0.3) is 22.4 Å². The molecular formula is C16H13N2. The Labute approximate surface area is 106 Å². The zero-order valence-electron chi connectivity index (χ0n) is 10.1. The van der Waals surface area contributed by atoms with E-state index >= 15 is 0 Å². The minimum Gasteiger partial charge on any atom is -0.275 e. The molecule has 0 saturated heterocycles. The molecule has 0 aliphatic heterocycles. The molecule has 3 rings (SSSR count). The Kier molecular flexibility index (Phi) is 2.69. The molecule has 87 valence electrons. The first kappa shape index (κ1) is 10.8. The van der Waals surface area contributed by atoms with Crippen molar-refractivity contribution in [1.82, 2.24) is 10.2 Å². The molecule has 0 atom stereocenters. The summed E-state index contributed by atoms with van der Waals surface area (Å²) in [5.41, 5.74) is 5.44. The number of aryl methyl sites for hydroxylation is 1. The molecule has 1 heterocycles. The van der Waals surface area contributed by atoms with Crippen LogP contribution in [-0.2, 0) is 0 Å². The van der Waals surface area contributed by atoms with Gasteiger partial charge in [0.15, 0.2) is 0 Å². The molecule has 0 bridgehead atoms. The van der Waals surface area contributed by atoms with Crippen LogP contribution >= 0.6 is 0 Å². The summed E-state index contributed by atoms with van der Waals surface area (Å²) in [7, 11) is 0. The van der Waals surface area contributed by atoms with Gasteiger partial charge in [-0.25, -0.2) is 0 Å². The Hall–Kier alpha value is -2.35. The Morgan fingerprint density at radius 3 is 2.33 bits per heavy atom. The molecular weight excluding hydrogens is 220 g/mol. The predicted molar refractivity (Wildman–Crippen MR) is 73.0 cm³/mol. The van der Waals surface area contributed by atoms with Crippen molar-refractivity contribution in [1.29, 1.82) is 0 Å². The van der Waals surface area contributed by atoms with Crippen LogP contribution < -0.4 is 0 Å². The van der Waals surface area contributed by atoms with E-state index in [9.17, 15) is 0 Å². The molecule has 0 saturated carbocycles. The fraction of sp³-hybridized carbons (Fsp3) is 0.0625. The molecule has 0 spiro atoms. The third kappa shape index (κ3) is 1.93. The van der Waals surface area contributed by atoms with Gasteiger partial charge < -0.3 is 0 Å². The Balaban J connectivity index is 2.10. The number of hydrogen-bond donors (Lipinski definition) is 1. The van der Waals surface area contributed by atoms with Gasteiger partial charge in [-0.05, 0) is 12.5 Å². The summed E-state index contributed by atoms with van der Waals surface area (Å²) < 4.78 is 0. The van der Waals surface area contributed by atoms with Gasteiger partial charge in [0.2, 0.25) is 0 Å². The molecule has 1 aromatic heterocycles. The highest BCUT2D eigenvalue weighted by molar-refractivity contribution is 5.79. The van der Waals surface area contributed by atoms with Crippen molar-refractivity contribution < 1.29 is 0 Å². The lowest BCUT2D eigenvalue weighted by atomic mass is 10.0. The van der Waals surface area contributed by atoms with Crippen LogP contribution in [0.4, 0.5) is 0 Å². The molecule has 0 aliphatic rings. The molecule has 0 fully saturated rings. The maximum Gasteiger partial charge on any atom is 0.101 e. The molecule has 1 N–H and O–H groups in total. The smallest absolute Gasteiger partial charge is 0.101 e. The maximum absolute atomic E-state index is 4.31. The van der Waals surface area contributed by atoms with E-state index in [1.165, 1.54) is 5.56 Å². The van der Waals surface area contributed by atoms with Crippen molar-refractivity contribution in [2.45, 2.75) is 6.92 Å². The molecule has 0 aliphatic carbocycles. The van der Waals surface area contributed by atoms with Gasteiger partial charge in [-0.3, -0.25) is 5.10 Å². The lowest BCUT2D eigenvalue weighted by Crippen LogP contribution is -1.83. The third-order valence-corrected chi connectivity index (χ3v) is 2.97. The normalized spacial score (nSPS) is 10.5. The van der Waals surface area contributed by atoms with E-state index in [1.54, 1.807) is 0 Å². The number of nitrogens with one attached hydrogen (secondary N) is 1. The quantitative estimate of drug-likeness (QED) is 0.715. The van der Waals surface area contributed by atoms with Gasteiger partial charge in [0, 0.05) is 11.1 Å². The van der Waals surface area contributed by atoms with Gasteiger partial charge in [-0.1, -0.05) is 60.2 Å². The average molecular weight is 233 g/mol. The summed E-state index contributed by atoms with van der Waals surface area (Å²) in [5, 5.41) is 7.15. The Bertz CT molecular complexity index is 636. The molecule has 0 amide bonds. The largest absolute Gasteiger partial charge is 0.275 e. The van der Waals surface area contributed by atoms with E-state index in [-0.39, 0.29) is 0 Å². The number of benzene rings is 2. The number of H-pyrrole nitrogens is 1. The Morgan fingerprint density at radius 2 is 1.61 bits per heavy atom. The second-order valence-electron chi connectivity index (χ2n) is 4.30. The third-order valence-electron chi connectivity index (χ3n) is 2.97. The number of aromatic amines is 1. The standard InChI is InChI=1S/C16H13N2/c1-12-7-9-14(10-8-12)16-15(11-17-18-16)13-5-3-2-4-6-13/h2-10H,1H3,(H,17,18). The molecule has 0 unspecified atom stereocenters. The van der Waals surface area contributed by atoms with Crippen molar-refractivity contribution in [3.63, 3.8) is 0 Å². The summed E-state index contributed by atoms with van der Waals surface area (Å²) in [5.74, 6) is 0. The topological polar surface area (TPSA) is 28.7 Å². The monoisotopic (exact) mass is 233 g/mol. The summed E-state index contributed by atoms with van der Waals surface area (Å²) in [4.78, 5) is 0. The van der Waals surface area contributed by atoms with E-state index in [0.717, 1.165) is 22.4 Å². The van der Waals surface area contributed by atoms with E-state index < -0.39 is 0 Å². The maximum atomic E-state index is 4.31. The highest BCUT2D eigenvalue weighted by atomic mass is 15.1. The van der Waals surface area contributed by atoms with Crippen LogP contribution in [0.1, 0.15) is 5.56 Å².